The Balaban J connectivity index is 2.90. The summed E-state index contributed by atoms with van der Waals surface area (Å²) in [4.78, 5) is 0. The second-order valence-corrected chi connectivity index (χ2v) is 2.57. The van der Waals surface area contributed by atoms with Crippen LogP contribution in [0.25, 0.3) is 0 Å². The quantitative estimate of drug-likeness (QED) is 0.754. The Morgan fingerprint density at radius 2 is 1.86 bits per heavy atom. The molecule has 0 aliphatic heterocycles. The van der Waals surface area contributed by atoms with Gasteiger partial charge in [0, 0.05) is 24.8 Å². The van der Waals surface area contributed by atoms with Gasteiger partial charge in [-0.2, -0.15) is 0 Å². The summed E-state index contributed by atoms with van der Waals surface area (Å²) < 4.78 is 35.4. The van der Waals surface area contributed by atoms with E-state index in [2.05, 4.69) is 4.74 Å². The van der Waals surface area contributed by atoms with Crippen LogP contribution in [0.4, 0.5) is 8.78 Å². The number of halogens is 2. The molecule has 0 bridgehead atoms. The van der Waals surface area contributed by atoms with Gasteiger partial charge in [-0.25, -0.2) is 8.78 Å². The maximum atomic E-state index is 13.0. The summed E-state index contributed by atoms with van der Waals surface area (Å²) in [5, 5.41) is 8.62. The predicted octanol–water partition coefficient (Wildman–Crippen LogP) is 1.44. The van der Waals surface area contributed by atoms with Gasteiger partial charge in [0.25, 0.3) is 0 Å². The average molecular weight is 204 g/mol. The van der Waals surface area contributed by atoms with Gasteiger partial charge in [-0.3, -0.25) is 0 Å². The van der Waals surface area contributed by atoms with Crippen molar-refractivity contribution in [1.82, 2.24) is 0 Å². The third-order valence-corrected chi connectivity index (χ3v) is 1.62. The summed E-state index contributed by atoms with van der Waals surface area (Å²) in [5.74, 6) is -1.64. The number of methoxy groups -OCH3 is 1. The van der Waals surface area contributed by atoms with Crippen LogP contribution in [0.15, 0.2) is 12.1 Å². The Labute approximate surface area is 79.9 Å². The number of ether oxygens (including phenoxy) is 2. The zero-order valence-electron chi connectivity index (χ0n) is 7.59. The second kappa shape index (κ2) is 4.88. The zero-order valence-corrected chi connectivity index (χ0v) is 7.59. The number of rotatable bonds is 4. The maximum absolute atomic E-state index is 13.0. The first-order valence-corrected chi connectivity index (χ1v) is 3.89. The van der Waals surface area contributed by atoms with Crippen molar-refractivity contribution >= 4 is 0 Å². The molecule has 0 radical (unpaired) electrons. The van der Waals surface area contributed by atoms with E-state index in [0.717, 1.165) is 12.1 Å². The third-order valence-electron chi connectivity index (χ3n) is 1.62. The third kappa shape index (κ3) is 2.40. The van der Waals surface area contributed by atoms with Gasteiger partial charge in [-0.15, -0.1) is 0 Å². The first-order chi connectivity index (χ1) is 6.69. The van der Waals surface area contributed by atoms with Crippen molar-refractivity contribution in [1.29, 1.82) is 0 Å². The van der Waals surface area contributed by atoms with E-state index in [1.807, 2.05) is 0 Å². The molecule has 1 N–H and O–H groups in total. The number of hydrogen-bond donors (Lipinski definition) is 1. The first kappa shape index (κ1) is 10.9. The fourth-order valence-corrected chi connectivity index (χ4v) is 0.941. The van der Waals surface area contributed by atoms with Crippen LogP contribution >= 0.6 is 0 Å². The van der Waals surface area contributed by atoms with Gasteiger partial charge in [0.1, 0.15) is 17.4 Å². The van der Waals surface area contributed by atoms with E-state index < -0.39 is 18.2 Å². The molecule has 1 aromatic rings. The van der Waals surface area contributed by atoms with Gasteiger partial charge < -0.3 is 14.6 Å². The van der Waals surface area contributed by atoms with Crippen LogP contribution in [0.1, 0.15) is 5.56 Å². The Morgan fingerprint density at radius 1 is 1.29 bits per heavy atom. The molecular weight excluding hydrogens is 194 g/mol. The minimum Gasteiger partial charge on any atom is -0.467 e. The lowest BCUT2D eigenvalue weighted by molar-refractivity contribution is 0.0506. The second-order valence-electron chi connectivity index (χ2n) is 2.57. The van der Waals surface area contributed by atoms with Gasteiger partial charge >= 0.3 is 0 Å². The molecule has 0 atom stereocenters. The molecule has 5 heteroatoms. The predicted molar refractivity (Wildman–Crippen MR) is 44.8 cm³/mol. The van der Waals surface area contributed by atoms with E-state index in [9.17, 15) is 8.78 Å². The fraction of sp³-hybridized carbons (Fsp3) is 0.333. The summed E-state index contributed by atoms with van der Waals surface area (Å²) >= 11 is 0. The van der Waals surface area contributed by atoms with E-state index in [4.69, 9.17) is 9.84 Å². The molecule has 0 aromatic heterocycles. The van der Waals surface area contributed by atoms with Gasteiger partial charge in [-0.05, 0) is 0 Å². The summed E-state index contributed by atoms with van der Waals surface area (Å²) in [6, 6.07) is 1.99. The highest BCUT2D eigenvalue weighted by Gasteiger charge is 2.10. The Bertz CT molecular complexity index is 292. The first-order valence-electron chi connectivity index (χ1n) is 3.89. The van der Waals surface area contributed by atoms with Crippen LogP contribution in [-0.4, -0.2) is 19.0 Å². The summed E-state index contributed by atoms with van der Waals surface area (Å²) in [7, 11) is 1.40. The zero-order chi connectivity index (χ0) is 10.6. The van der Waals surface area contributed by atoms with Crippen molar-refractivity contribution in [3.05, 3.63) is 29.3 Å². The monoisotopic (exact) mass is 204 g/mol. The lowest BCUT2D eigenvalue weighted by Gasteiger charge is -2.07. The van der Waals surface area contributed by atoms with Crippen molar-refractivity contribution in [2.75, 3.05) is 13.9 Å². The molecule has 1 aromatic carbocycles. The average Bonchev–Trinajstić information content (AvgIpc) is 2.14. The molecule has 0 fully saturated rings. The van der Waals surface area contributed by atoms with Crippen LogP contribution < -0.4 is 4.74 Å². The molecule has 14 heavy (non-hydrogen) atoms. The number of benzene rings is 1. The highest BCUT2D eigenvalue weighted by molar-refractivity contribution is 5.30. The summed E-state index contributed by atoms with van der Waals surface area (Å²) in [6.45, 7) is -0.764. The van der Waals surface area contributed by atoms with Crippen molar-refractivity contribution < 1.29 is 23.4 Å². The molecule has 1 rings (SSSR count). The van der Waals surface area contributed by atoms with Crippen molar-refractivity contribution in [2.45, 2.75) is 6.61 Å². The molecule has 3 nitrogen and oxygen atoms in total. The van der Waals surface area contributed by atoms with Crippen molar-refractivity contribution in [3.8, 4) is 5.75 Å². The topological polar surface area (TPSA) is 38.7 Å². The summed E-state index contributed by atoms with van der Waals surface area (Å²) in [5.41, 5.74) is -0.366. The highest BCUT2D eigenvalue weighted by Crippen LogP contribution is 2.20. The molecular formula is C9H10F2O3. The maximum Gasteiger partial charge on any atom is 0.188 e. The molecule has 0 aliphatic carbocycles. The van der Waals surface area contributed by atoms with Gasteiger partial charge in [0.15, 0.2) is 6.79 Å². The van der Waals surface area contributed by atoms with Crippen molar-refractivity contribution in [3.63, 3.8) is 0 Å². The smallest absolute Gasteiger partial charge is 0.188 e. The van der Waals surface area contributed by atoms with Crippen LogP contribution in [-0.2, 0) is 11.3 Å². The van der Waals surface area contributed by atoms with Gasteiger partial charge in [0.05, 0.1) is 6.61 Å². The number of aliphatic hydroxyl groups is 1. The van der Waals surface area contributed by atoms with Gasteiger partial charge in [-0.1, -0.05) is 0 Å². The molecule has 0 saturated carbocycles. The van der Waals surface area contributed by atoms with Crippen molar-refractivity contribution in [2.24, 2.45) is 0 Å². The van der Waals surface area contributed by atoms with E-state index in [-0.39, 0.29) is 18.1 Å². The highest BCUT2D eigenvalue weighted by atomic mass is 19.1. The number of aliphatic hydroxyl groups excluding tert-OH is 1. The molecule has 0 amide bonds. The molecule has 0 unspecified atom stereocenters. The summed E-state index contributed by atoms with van der Waals surface area (Å²) in [6.07, 6.45) is 0. The van der Waals surface area contributed by atoms with Gasteiger partial charge in [0.2, 0.25) is 0 Å². The van der Waals surface area contributed by atoms with E-state index >= 15 is 0 Å². The molecule has 0 saturated heterocycles. The Morgan fingerprint density at radius 3 is 2.29 bits per heavy atom. The lowest BCUT2D eigenvalue weighted by atomic mass is 10.2. The Hall–Kier alpha value is -1.20. The molecule has 78 valence electrons. The lowest BCUT2D eigenvalue weighted by Crippen LogP contribution is -2.02. The molecule has 0 spiro atoms. The van der Waals surface area contributed by atoms with E-state index in [0.29, 0.717) is 0 Å². The standard InChI is InChI=1S/C9H10F2O3/c1-13-5-14-6-2-8(10)7(4-12)9(11)3-6/h2-3,12H,4-5H2,1H3. The molecule has 0 aliphatic rings. The number of hydrogen-bond acceptors (Lipinski definition) is 3. The van der Waals surface area contributed by atoms with E-state index in [1.165, 1.54) is 7.11 Å². The SMILES string of the molecule is COCOc1cc(F)c(CO)c(F)c1. The van der Waals surface area contributed by atoms with Crippen LogP contribution in [0.3, 0.4) is 0 Å². The fourth-order valence-electron chi connectivity index (χ4n) is 0.941. The normalized spacial score (nSPS) is 10.3. The largest absolute Gasteiger partial charge is 0.467 e. The van der Waals surface area contributed by atoms with Crippen LogP contribution in [0.5, 0.6) is 5.75 Å². The van der Waals surface area contributed by atoms with Crippen LogP contribution in [0.2, 0.25) is 0 Å². The van der Waals surface area contributed by atoms with Crippen LogP contribution in [0, 0.1) is 11.6 Å². The Kier molecular flexibility index (Phi) is 3.79. The minimum atomic E-state index is -0.835. The molecule has 0 heterocycles. The van der Waals surface area contributed by atoms with E-state index in [1.54, 1.807) is 0 Å². The minimum absolute atomic E-state index is 0.0269.